The summed E-state index contributed by atoms with van der Waals surface area (Å²) in [6, 6.07) is 8.42. The van der Waals surface area contributed by atoms with Gasteiger partial charge in [-0.3, -0.25) is 14.2 Å². The van der Waals surface area contributed by atoms with Crippen LogP contribution in [-0.4, -0.2) is 23.9 Å². The molecule has 0 saturated heterocycles. The monoisotopic (exact) mass is 390 g/mol. The Morgan fingerprint density at radius 1 is 1.22 bits per heavy atom. The molecule has 1 aromatic carbocycles. The van der Waals surface area contributed by atoms with Gasteiger partial charge in [0.2, 0.25) is 10.0 Å². The second kappa shape index (κ2) is 7.05. The number of aromatic nitrogens is 2. The summed E-state index contributed by atoms with van der Waals surface area (Å²) in [6.07, 6.45) is 2.38. The Morgan fingerprint density at radius 2 is 2.00 bits per heavy atom. The van der Waals surface area contributed by atoms with Gasteiger partial charge in [-0.25, -0.2) is 18.4 Å². The Bertz CT molecular complexity index is 1210. The van der Waals surface area contributed by atoms with E-state index in [0.29, 0.717) is 5.76 Å². The number of hydrogen-bond donors (Lipinski definition) is 3. The van der Waals surface area contributed by atoms with Gasteiger partial charge in [-0.05, 0) is 30.3 Å². The smallest absolute Gasteiger partial charge is 0.328 e. The molecule has 0 aliphatic rings. The van der Waals surface area contributed by atoms with Gasteiger partial charge in [-0.1, -0.05) is 6.07 Å². The van der Waals surface area contributed by atoms with Gasteiger partial charge in [0, 0.05) is 11.9 Å². The molecule has 0 saturated carbocycles. The Kier molecular flexibility index (Phi) is 4.79. The molecule has 140 valence electrons. The van der Waals surface area contributed by atoms with Gasteiger partial charge in [-0.15, -0.1) is 0 Å². The first-order valence-corrected chi connectivity index (χ1v) is 9.09. The van der Waals surface area contributed by atoms with Gasteiger partial charge in [-0.2, -0.15) is 0 Å². The highest BCUT2D eigenvalue weighted by Crippen LogP contribution is 2.14. The molecule has 1 amide bonds. The molecule has 3 rings (SSSR count). The number of sulfonamides is 1. The summed E-state index contributed by atoms with van der Waals surface area (Å²) in [6.45, 7) is -0.150. The van der Waals surface area contributed by atoms with E-state index in [1.54, 1.807) is 12.1 Å². The highest BCUT2D eigenvalue weighted by molar-refractivity contribution is 7.89. The van der Waals surface area contributed by atoms with Crippen molar-refractivity contribution in [1.82, 2.24) is 9.55 Å². The number of nitrogens with two attached hydrogens (primary N) is 1. The highest BCUT2D eigenvalue weighted by atomic mass is 32.2. The fourth-order valence-electron chi connectivity index (χ4n) is 2.33. The molecule has 27 heavy (non-hydrogen) atoms. The van der Waals surface area contributed by atoms with Crippen LogP contribution >= 0.6 is 0 Å². The predicted octanol–water partition coefficient (Wildman–Crippen LogP) is 0.0776. The van der Waals surface area contributed by atoms with Crippen LogP contribution < -0.4 is 21.7 Å². The number of rotatable bonds is 5. The van der Waals surface area contributed by atoms with E-state index in [1.807, 2.05) is 0 Å². The van der Waals surface area contributed by atoms with Gasteiger partial charge in [0.1, 0.15) is 11.3 Å². The number of H-pyrrole nitrogens is 1. The summed E-state index contributed by atoms with van der Waals surface area (Å²) < 4.78 is 28.7. The summed E-state index contributed by atoms with van der Waals surface area (Å²) in [5.74, 6) is -0.461. The molecule has 0 spiro atoms. The molecule has 0 unspecified atom stereocenters. The number of nitrogens with zero attached hydrogens (tertiary/aromatic N) is 1. The quantitative estimate of drug-likeness (QED) is 0.560. The molecular weight excluding hydrogens is 376 g/mol. The molecule has 2 heterocycles. The summed E-state index contributed by atoms with van der Waals surface area (Å²) in [4.78, 5) is 38.9. The van der Waals surface area contributed by atoms with E-state index in [1.165, 1.54) is 24.5 Å². The van der Waals surface area contributed by atoms with Crippen LogP contribution in [0.4, 0.5) is 5.69 Å². The first-order chi connectivity index (χ1) is 12.8. The molecule has 2 aromatic heterocycles. The van der Waals surface area contributed by atoms with E-state index >= 15 is 0 Å². The Balaban J connectivity index is 1.92. The van der Waals surface area contributed by atoms with Crippen LogP contribution in [0.5, 0.6) is 0 Å². The molecule has 11 heteroatoms. The fraction of sp³-hybridized carbons (Fsp3) is 0.0625. The van der Waals surface area contributed by atoms with E-state index in [9.17, 15) is 22.8 Å². The molecule has 0 bridgehead atoms. The van der Waals surface area contributed by atoms with Gasteiger partial charge < -0.3 is 14.7 Å². The zero-order valence-electron chi connectivity index (χ0n) is 13.7. The number of nitrogens with one attached hydrogen (secondary N) is 2. The van der Waals surface area contributed by atoms with Crippen LogP contribution in [-0.2, 0) is 16.6 Å². The van der Waals surface area contributed by atoms with Crippen LogP contribution in [0.15, 0.2) is 67.8 Å². The van der Waals surface area contributed by atoms with Crippen LogP contribution in [0, 0.1) is 0 Å². The van der Waals surface area contributed by atoms with Gasteiger partial charge in [0.15, 0.2) is 0 Å². The standard InChI is InChI=1S/C16H14N4O6S/c17-27(24,25)12-5-1-3-10(7-12)19-14(21)13-8-18-16(23)20(15(13)22)9-11-4-2-6-26-11/h1-8H,9H2,(H,18,23)(H,19,21)(H2,17,24,25). The van der Waals surface area contributed by atoms with Crippen molar-refractivity contribution in [3.63, 3.8) is 0 Å². The van der Waals surface area contributed by atoms with Crippen molar-refractivity contribution in [3.8, 4) is 0 Å². The Morgan fingerprint density at radius 3 is 2.67 bits per heavy atom. The number of aromatic amines is 1. The molecule has 0 aliphatic carbocycles. The summed E-state index contributed by atoms with van der Waals surface area (Å²) >= 11 is 0. The molecule has 0 fully saturated rings. The Labute approximate surface area is 152 Å². The van der Waals surface area contributed by atoms with Gasteiger partial charge >= 0.3 is 5.69 Å². The lowest BCUT2D eigenvalue weighted by molar-refractivity contribution is 0.102. The van der Waals surface area contributed by atoms with Crippen LogP contribution in [0.2, 0.25) is 0 Å². The second-order valence-corrected chi connectivity index (χ2v) is 7.07. The minimum atomic E-state index is -3.95. The van der Waals surface area contributed by atoms with Crippen molar-refractivity contribution in [1.29, 1.82) is 0 Å². The van der Waals surface area contributed by atoms with Gasteiger partial charge in [0.25, 0.3) is 11.5 Å². The van der Waals surface area contributed by atoms with Crippen molar-refractivity contribution in [2.24, 2.45) is 5.14 Å². The molecule has 4 N–H and O–H groups in total. The number of benzene rings is 1. The third-order valence-electron chi connectivity index (χ3n) is 3.62. The molecule has 10 nitrogen and oxygen atoms in total. The fourth-order valence-corrected chi connectivity index (χ4v) is 2.88. The number of carbonyl (C=O) groups excluding carboxylic acids is 1. The largest absolute Gasteiger partial charge is 0.467 e. The van der Waals surface area contributed by atoms with Gasteiger partial charge in [0.05, 0.1) is 17.7 Å². The zero-order chi connectivity index (χ0) is 19.6. The second-order valence-electron chi connectivity index (χ2n) is 5.51. The third kappa shape index (κ3) is 4.04. The normalized spacial score (nSPS) is 11.3. The predicted molar refractivity (Wildman–Crippen MR) is 94.9 cm³/mol. The number of anilines is 1. The number of furan rings is 1. The maximum absolute atomic E-state index is 12.5. The molecule has 0 radical (unpaired) electrons. The summed E-state index contributed by atoms with van der Waals surface area (Å²) in [5.41, 5.74) is -1.74. The van der Waals surface area contributed by atoms with E-state index in [0.717, 1.165) is 16.8 Å². The summed E-state index contributed by atoms with van der Waals surface area (Å²) in [7, 11) is -3.95. The van der Waals surface area contributed by atoms with Crippen LogP contribution in [0.25, 0.3) is 0 Å². The first-order valence-electron chi connectivity index (χ1n) is 7.55. The van der Waals surface area contributed by atoms with E-state index in [4.69, 9.17) is 9.56 Å². The Hall–Kier alpha value is -3.44. The number of amides is 1. The van der Waals surface area contributed by atoms with Crippen molar-refractivity contribution in [2.75, 3.05) is 5.32 Å². The summed E-state index contributed by atoms with van der Waals surface area (Å²) in [5, 5.41) is 7.45. The molecule has 0 atom stereocenters. The van der Waals surface area contributed by atoms with E-state index < -0.39 is 27.2 Å². The number of primary sulfonamides is 1. The SMILES string of the molecule is NS(=O)(=O)c1cccc(NC(=O)c2c[nH]c(=O)n(Cc3ccco3)c2=O)c1. The topological polar surface area (TPSA) is 157 Å². The third-order valence-corrected chi connectivity index (χ3v) is 4.53. The minimum absolute atomic E-state index is 0.120. The van der Waals surface area contributed by atoms with Crippen molar-refractivity contribution in [3.05, 3.63) is 81.0 Å². The number of hydrogen-bond acceptors (Lipinski definition) is 6. The average molecular weight is 390 g/mol. The maximum Gasteiger partial charge on any atom is 0.328 e. The average Bonchev–Trinajstić information content (AvgIpc) is 3.11. The zero-order valence-corrected chi connectivity index (χ0v) is 14.5. The molecular formula is C16H14N4O6S. The van der Waals surface area contributed by atoms with E-state index in [-0.39, 0.29) is 22.7 Å². The molecule has 0 aliphatic heterocycles. The van der Waals surface area contributed by atoms with Crippen molar-refractivity contribution >= 4 is 21.6 Å². The van der Waals surface area contributed by atoms with Crippen LogP contribution in [0.1, 0.15) is 16.1 Å². The van der Waals surface area contributed by atoms with Crippen molar-refractivity contribution < 1.29 is 17.6 Å². The molecule has 3 aromatic rings. The lowest BCUT2D eigenvalue weighted by Crippen LogP contribution is -2.39. The maximum atomic E-state index is 12.5. The van der Waals surface area contributed by atoms with Crippen LogP contribution in [0.3, 0.4) is 0 Å². The number of carbonyl (C=O) groups is 1. The lowest BCUT2D eigenvalue weighted by Gasteiger charge is -2.08. The lowest BCUT2D eigenvalue weighted by atomic mass is 10.2. The van der Waals surface area contributed by atoms with E-state index in [2.05, 4.69) is 10.3 Å². The van der Waals surface area contributed by atoms with Crippen molar-refractivity contribution in [2.45, 2.75) is 11.4 Å². The first kappa shape index (κ1) is 18.4. The highest BCUT2D eigenvalue weighted by Gasteiger charge is 2.17. The minimum Gasteiger partial charge on any atom is -0.467 e.